The zero-order valence-corrected chi connectivity index (χ0v) is 8.63. The molecule has 0 saturated heterocycles. The second kappa shape index (κ2) is 4.54. The maximum atomic E-state index is 5.68. The molecule has 0 spiro atoms. The molecule has 1 aliphatic carbocycles. The summed E-state index contributed by atoms with van der Waals surface area (Å²) in [6, 6.07) is 0. The number of hydrogen-bond acceptors (Lipinski definition) is 1. The molecule has 1 aliphatic rings. The standard InChI is InChI=1S/C8H15IO/c1-7(9)10-8-5-3-2-4-6-8/h7-8H,2-6H2,1H3. The van der Waals surface area contributed by atoms with Crippen LogP contribution in [-0.2, 0) is 4.74 Å². The van der Waals surface area contributed by atoms with Crippen LogP contribution < -0.4 is 0 Å². The highest BCUT2D eigenvalue weighted by Crippen LogP contribution is 2.22. The van der Waals surface area contributed by atoms with Gasteiger partial charge in [0, 0.05) is 0 Å². The fourth-order valence-corrected chi connectivity index (χ4v) is 1.88. The Morgan fingerprint density at radius 1 is 1.30 bits per heavy atom. The minimum atomic E-state index is 0.390. The van der Waals surface area contributed by atoms with Crippen molar-refractivity contribution in [3.8, 4) is 0 Å². The molecule has 1 fully saturated rings. The van der Waals surface area contributed by atoms with E-state index in [-0.39, 0.29) is 0 Å². The summed E-state index contributed by atoms with van der Waals surface area (Å²) in [5.74, 6) is 0. The van der Waals surface area contributed by atoms with Crippen LogP contribution >= 0.6 is 22.6 Å². The molecule has 1 atom stereocenters. The number of alkyl halides is 1. The van der Waals surface area contributed by atoms with Gasteiger partial charge in [-0.05, 0) is 19.8 Å². The molecule has 0 aromatic rings. The lowest BCUT2D eigenvalue weighted by Crippen LogP contribution is -2.18. The SMILES string of the molecule is CC(I)OC1CCCCC1. The number of hydrogen-bond donors (Lipinski definition) is 0. The van der Waals surface area contributed by atoms with E-state index < -0.39 is 0 Å². The molecule has 60 valence electrons. The smallest absolute Gasteiger partial charge is 0.106 e. The second-order valence-corrected chi connectivity index (χ2v) is 4.69. The van der Waals surface area contributed by atoms with E-state index in [4.69, 9.17) is 4.74 Å². The lowest BCUT2D eigenvalue weighted by atomic mass is 9.98. The Balaban J connectivity index is 2.13. The number of ether oxygens (including phenoxy) is 1. The molecular formula is C8H15IO. The minimum absolute atomic E-state index is 0.390. The predicted octanol–water partition coefficient (Wildman–Crippen LogP) is 3.12. The van der Waals surface area contributed by atoms with Crippen LogP contribution in [-0.4, -0.2) is 10.2 Å². The van der Waals surface area contributed by atoms with Crippen molar-refractivity contribution in [1.29, 1.82) is 0 Å². The molecule has 0 aromatic heterocycles. The van der Waals surface area contributed by atoms with Gasteiger partial charge in [-0.3, -0.25) is 0 Å². The molecule has 0 amide bonds. The van der Waals surface area contributed by atoms with Gasteiger partial charge in [0.15, 0.2) is 0 Å². The van der Waals surface area contributed by atoms with Crippen molar-refractivity contribution in [2.24, 2.45) is 0 Å². The molecule has 0 heterocycles. The van der Waals surface area contributed by atoms with Crippen LogP contribution in [0.4, 0.5) is 0 Å². The Kier molecular flexibility index (Phi) is 3.99. The molecule has 0 bridgehead atoms. The normalized spacial score (nSPS) is 24.6. The third kappa shape index (κ3) is 3.19. The Morgan fingerprint density at radius 3 is 2.40 bits per heavy atom. The topological polar surface area (TPSA) is 9.23 Å². The van der Waals surface area contributed by atoms with Crippen LogP contribution in [0.25, 0.3) is 0 Å². The van der Waals surface area contributed by atoms with E-state index in [9.17, 15) is 0 Å². The van der Waals surface area contributed by atoms with Crippen LogP contribution in [0.5, 0.6) is 0 Å². The molecule has 0 N–H and O–H groups in total. The monoisotopic (exact) mass is 254 g/mol. The van der Waals surface area contributed by atoms with Gasteiger partial charge in [0.2, 0.25) is 0 Å². The van der Waals surface area contributed by atoms with Crippen molar-refractivity contribution in [1.82, 2.24) is 0 Å². The molecule has 1 unspecified atom stereocenters. The van der Waals surface area contributed by atoms with E-state index in [1.807, 2.05) is 0 Å². The van der Waals surface area contributed by atoms with E-state index in [1.54, 1.807) is 0 Å². The van der Waals surface area contributed by atoms with Gasteiger partial charge in [-0.15, -0.1) is 0 Å². The molecule has 1 nitrogen and oxygen atoms in total. The zero-order chi connectivity index (χ0) is 7.40. The van der Waals surface area contributed by atoms with Crippen molar-refractivity contribution in [2.45, 2.75) is 49.2 Å². The first-order chi connectivity index (χ1) is 4.79. The Bertz CT molecular complexity index is 87.3. The zero-order valence-electron chi connectivity index (χ0n) is 6.48. The molecule has 0 aliphatic heterocycles. The van der Waals surface area contributed by atoms with Gasteiger partial charge in [0.1, 0.15) is 4.11 Å². The average Bonchev–Trinajstić information content (AvgIpc) is 1.88. The Morgan fingerprint density at radius 2 is 1.90 bits per heavy atom. The molecule has 2 heteroatoms. The van der Waals surface area contributed by atoms with E-state index in [0.29, 0.717) is 10.2 Å². The van der Waals surface area contributed by atoms with Crippen molar-refractivity contribution in [2.75, 3.05) is 0 Å². The molecule has 0 aromatic carbocycles. The summed E-state index contributed by atoms with van der Waals surface area (Å²) in [4.78, 5) is 0. The first kappa shape index (κ1) is 8.78. The van der Waals surface area contributed by atoms with Gasteiger partial charge in [-0.1, -0.05) is 41.9 Å². The largest absolute Gasteiger partial charge is 0.365 e. The number of halogens is 1. The highest BCUT2D eigenvalue weighted by Gasteiger charge is 2.14. The summed E-state index contributed by atoms with van der Waals surface area (Å²) in [5.41, 5.74) is 0. The quantitative estimate of drug-likeness (QED) is 0.543. The van der Waals surface area contributed by atoms with Crippen molar-refractivity contribution < 1.29 is 4.74 Å². The molecule has 10 heavy (non-hydrogen) atoms. The summed E-state index contributed by atoms with van der Waals surface area (Å²) in [5, 5.41) is 0. The summed E-state index contributed by atoms with van der Waals surface area (Å²) in [7, 11) is 0. The summed E-state index contributed by atoms with van der Waals surface area (Å²) in [6.07, 6.45) is 7.29. The Hall–Kier alpha value is 0.690. The van der Waals surface area contributed by atoms with Crippen LogP contribution in [0.1, 0.15) is 39.0 Å². The third-order valence-electron chi connectivity index (χ3n) is 1.93. The summed E-state index contributed by atoms with van der Waals surface area (Å²) in [6.45, 7) is 2.11. The highest BCUT2D eigenvalue weighted by atomic mass is 127. The fourth-order valence-electron chi connectivity index (χ4n) is 1.47. The van der Waals surface area contributed by atoms with Gasteiger partial charge in [0.25, 0.3) is 0 Å². The van der Waals surface area contributed by atoms with Gasteiger partial charge >= 0.3 is 0 Å². The van der Waals surface area contributed by atoms with Crippen molar-refractivity contribution >= 4 is 22.6 Å². The van der Waals surface area contributed by atoms with E-state index in [1.165, 1.54) is 32.1 Å². The first-order valence-electron chi connectivity index (χ1n) is 4.08. The lowest BCUT2D eigenvalue weighted by molar-refractivity contribution is 0.0274. The number of rotatable bonds is 2. The lowest BCUT2D eigenvalue weighted by Gasteiger charge is -2.23. The second-order valence-electron chi connectivity index (χ2n) is 2.94. The maximum absolute atomic E-state index is 5.68. The van der Waals surface area contributed by atoms with Crippen LogP contribution in [0.3, 0.4) is 0 Å². The minimum Gasteiger partial charge on any atom is -0.365 e. The molecule has 1 saturated carbocycles. The van der Waals surface area contributed by atoms with Gasteiger partial charge in [0.05, 0.1) is 6.10 Å². The molecular weight excluding hydrogens is 239 g/mol. The highest BCUT2D eigenvalue weighted by molar-refractivity contribution is 14.1. The molecule has 0 radical (unpaired) electrons. The van der Waals surface area contributed by atoms with E-state index in [2.05, 4.69) is 29.5 Å². The van der Waals surface area contributed by atoms with Gasteiger partial charge in [-0.2, -0.15) is 0 Å². The average molecular weight is 254 g/mol. The van der Waals surface area contributed by atoms with Gasteiger partial charge < -0.3 is 4.74 Å². The van der Waals surface area contributed by atoms with Crippen molar-refractivity contribution in [3.63, 3.8) is 0 Å². The predicted molar refractivity (Wildman–Crippen MR) is 51.4 cm³/mol. The van der Waals surface area contributed by atoms with Crippen molar-refractivity contribution in [3.05, 3.63) is 0 Å². The Labute approximate surface area is 76.7 Å². The van der Waals surface area contributed by atoms with Crippen LogP contribution in [0.15, 0.2) is 0 Å². The van der Waals surface area contributed by atoms with E-state index >= 15 is 0 Å². The first-order valence-corrected chi connectivity index (χ1v) is 5.33. The summed E-state index contributed by atoms with van der Waals surface area (Å²) >= 11 is 2.32. The third-order valence-corrected chi connectivity index (χ3v) is 2.23. The van der Waals surface area contributed by atoms with Crippen LogP contribution in [0.2, 0.25) is 0 Å². The summed E-state index contributed by atoms with van der Waals surface area (Å²) < 4.78 is 6.07. The molecule has 1 rings (SSSR count). The van der Waals surface area contributed by atoms with E-state index in [0.717, 1.165) is 0 Å². The maximum Gasteiger partial charge on any atom is 0.106 e. The fraction of sp³-hybridized carbons (Fsp3) is 1.00. The van der Waals surface area contributed by atoms with Gasteiger partial charge in [-0.25, -0.2) is 0 Å². The van der Waals surface area contributed by atoms with Crippen LogP contribution in [0, 0.1) is 0 Å².